The van der Waals surface area contributed by atoms with E-state index in [4.69, 9.17) is 10.5 Å². The Hall–Kier alpha value is -2.43. The van der Waals surface area contributed by atoms with Crippen molar-refractivity contribution in [1.29, 1.82) is 5.26 Å². The smallest absolute Gasteiger partial charge is 0.261 e. The fourth-order valence-electron chi connectivity index (χ4n) is 3.74. The SMILES string of the molecule is CCCCOc1c(C#N)cnc2ccc(C(N)(C3CC3)C3SC=NC3=O)cc12. The average Bonchev–Trinajstić information content (AvgIpc) is 3.48. The van der Waals surface area contributed by atoms with Gasteiger partial charge in [0.25, 0.3) is 5.91 Å². The van der Waals surface area contributed by atoms with Gasteiger partial charge in [-0.1, -0.05) is 31.2 Å². The maximum absolute atomic E-state index is 12.4. The zero-order chi connectivity index (χ0) is 19.7. The summed E-state index contributed by atoms with van der Waals surface area (Å²) in [6, 6.07) is 7.97. The summed E-state index contributed by atoms with van der Waals surface area (Å²) >= 11 is 1.39. The first-order valence-electron chi connectivity index (χ1n) is 9.56. The number of carbonyl (C=O) groups is 1. The number of aromatic nitrogens is 1. The Balaban J connectivity index is 1.82. The highest BCUT2D eigenvalue weighted by Crippen LogP contribution is 2.50. The van der Waals surface area contributed by atoms with Crippen LogP contribution in [-0.2, 0) is 10.3 Å². The molecule has 4 rings (SSSR count). The third kappa shape index (κ3) is 3.17. The molecule has 1 amide bonds. The summed E-state index contributed by atoms with van der Waals surface area (Å²) in [7, 11) is 0. The highest BCUT2D eigenvalue weighted by molar-refractivity contribution is 8.13. The Labute approximate surface area is 168 Å². The number of benzene rings is 1. The maximum atomic E-state index is 12.4. The van der Waals surface area contributed by atoms with Crippen LogP contribution < -0.4 is 10.5 Å². The monoisotopic (exact) mass is 394 g/mol. The third-order valence-electron chi connectivity index (χ3n) is 5.47. The van der Waals surface area contributed by atoms with Gasteiger partial charge in [0.1, 0.15) is 22.6 Å². The standard InChI is InChI=1S/C21H22N4O2S/c1-2-3-8-27-18-13(10-22)11-24-17-7-6-15(9-16(17)18)21(23,14-4-5-14)19-20(26)25-12-28-19/h6-7,9,11-12,14,19H,2-5,8,23H2,1H3. The molecular formula is C21H22N4O2S. The van der Waals surface area contributed by atoms with Gasteiger partial charge in [-0.2, -0.15) is 5.26 Å². The van der Waals surface area contributed by atoms with Gasteiger partial charge in [-0.25, -0.2) is 4.99 Å². The topological polar surface area (TPSA) is 101 Å². The summed E-state index contributed by atoms with van der Waals surface area (Å²) in [4.78, 5) is 20.7. The van der Waals surface area contributed by atoms with E-state index in [-0.39, 0.29) is 11.8 Å². The molecule has 2 atom stereocenters. The number of fused-ring (bicyclic) bond motifs is 1. The molecule has 1 aromatic heterocycles. The molecule has 2 N–H and O–H groups in total. The van der Waals surface area contributed by atoms with Crippen molar-refractivity contribution in [3.05, 3.63) is 35.5 Å². The Morgan fingerprint density at radius 2 is 2.25 bits per heavy atom. The number of pyridine rings is 1. The summed E-state index contributed by atoms with van der Waals surface area (Å²) in [6.07, 6.45) is 5.45. The number of aliphatic imine (C=N–C) groups is 1. The van der Waals surface area contributed by atoms with Gasteiger partial charge in [-0.05, 0) is 42.9 Å². The molecule has 2 heterocycles. The number of carbonyl (C=O) groups excluding carboxylic acids is 1. The first-order valence-corrected chi connectivity index (χ1v) is 10.5. The molecule has 0 spiro atoms. The van der Waals surface area contributed by atoms with Crippen LogP contribution in [0, 0.1) is 17.2 Å². The van der Waals surface area contributed by atoms with E-state index in [0.717, 1.165) is 42.1 Å². The lowest BCUT2D eigenvalue weighted by atomic mass is 9.81. The third-order valence-corrected chi connectivity index (χ3v) is 6.56. The van der Waals surface area contributed by atoms with Gasteiger partial charge in [-0.3, -0.25) is 9.78 Å². The van der Waals surface area contributed by atoms with E-state index in [9.17, 15) is 10.1 Å². The van der Waals surface area contributed by atoms with Crippen LogP contribution in [0.15, 0.2) is 29.4 Å². The lowest BCUT2D eigenvalue weighted by Crippen LogP contribution is -2.50. The molecule has 1 fully saturated rings. The number of rotatable bonds is 7. The minimum atomic E-state index is -0.796. The van der Waals surface area contributed by atoms with Crippen LogP contribution >= 0.6 is 11.8 Å². The maximum Gasteiger partial charge on any atom is 0.261 e. The van der Waals surface area contributed by atoms with E-state index in [1.165, 1.54) is 11.8 Å². The molecule has 2 aromatic rings. The van der Waals surface area contributed by atoms with Gasteiger partial charge in [0.05, 0.1) is 23.2 Å². The van der Waals surface area contributed by atoms with E-state index in [2.05, 4.69) is 23.0 Å². The molecule has 144 valence electrons. The summed E-state index contributed by atoms with van der Waals surface area (Å²) in [5, 5.41) is 9.85. The molecule has 28 heavy (non-hydrogen) atoms. The number of nitrogens with two attached hydrogens (primary N) is 1. The number of nitrogens with zero attached hydrogens (tertiary/aromatic N) is 3. The molecule has 7 heteroatoms. The van der Waals surface area contributed by atoms with Crippen molar-refractivity contribution in [2.24, 2.45) is 16.6 Å². The van der Waals surface area contributed by atoms with Crippen molar-refractivity contribution in [1.82, 2.24) is 4.98 Å². The largest absolute Gasteiger partial charge is 0.491 e. The zero-order valence-corrected chi connectivity index (χ0v) is 16.5. The van der Waals surface area contributed by atoms with Crippen LogP contribution in [0.3, 0.4) is 0 Å². The molecule has 2 aliphatic rings. The molecule has 1 aliphatic heterocycles. The molecule has 0 bridgehead atoms. The van der Waals surface area contributed by atoms with Crippen molar-refractivity contribution in [3.63, 3.8) is 0 Å². The summed E-state index contributed by atoms with van der Waals surface area (Å²) in [5.41, 5.74) is 9.72. The normalized spacial score (nSPS) is 20.9. The van der Waals surface area contributed by atoms with E-state index in [0.29, 0.717) is 17.9 Å². The lowest BCUT2D eigenvalue weighted by molar-refractivity contribution is -0.118. The highest BCUT2D eigenvalue weighted by Gasteiger charge is 2.53. The first-order chi connectivity index (χ1) is 13.6. The minimum absolute atomic E-state index is 0.178. The van der Waals surface area contributed by atoms with Crippen LogP contribution in [-0.4, -0.2) is 28.3 Å². The molecule has 1 aromatic carbocycles. The van der Waals surface area contributed by atoms with Crippen molar-refractivity contribution in [2.45, 2.75) is 43.4 Å². The van der Waals surface area contributed by atoms with Gasteiger partial charge in [0, 0.05) is 11.6 Å². The average molecular weight is 395 g/mol. The number of unbranched alkanes of at least 4 members (excludes halogenated alkanes) is 1. The van der Waals surface area contributed by atoms with Gasteiger partial charge >= 0.3 is 0 Å². The molecule has 1 saturated carbocycles. The van der Waals surface area contributed by atoms with Crippen molar-refractivity contribution in [3.8, 4) is 11.8 Å². The number of ether oxygens (including phenoxy) is 1. The first kappa shape index (κ1) is 18.9. The predicted molar refractivity (Wildman–Crippen MR) is 110 cm³/mol. The fourth-order valence-corrected chi connectivity index (χ4v) is 4.76. The molecule has 1 aliphatic carbocycles. The van der Waals surface area contributed by atoms with Crippen molar-refractivity contribution >= 4 is 34.1 Å². The predicted octanol–water partition coefficient (Wildman–Crippen LogP) is 3.52. The Morgan fingerprint density at radius 1 is 1.43 bits per heavy atom. The number of amides is 1. The van der Waals surface area contributed by atoms with Crippen LogP contribution in [0.5, 0.6) is 5.75 Å². The highest BCUT2D eigenvalue weighted by atomic mass is 32.2. The Morgan fingerprint density at radius 3 is 2.89 bits per heavy atom. The Kier molecular flexibility index (Phi) is 5.09. The van der Waals surface area contributed by atoms with Crippen molar-refractivity contribution < 1.29 is 9.53 Å². The second kappa shape index (κ2) is 7.53. The number of thioether (sulfide) groups is 1. The Bertz CT molecular complexity index is 996. The van der Waals surface area contributed by atoms with Crippen LogP contribution in [0.1, 0.15) is 43.7 Å². The van der Waals surface area contributed by atoms with Crippen molar-refractivity contribution in [2.75, 3.05) is 6.61 Å². The second-order valence-corrected chi connectivity index (χ2v) is 8.30. The molecule has 0 radical (unpaired) electrons. The molecule has 2 unspecified atom stereocenters. The van der Waals surface area contributed by atoms with Crippen LogP contribution in [0.2, 0.25) is 0 Å². The quantitative estimate of drug-likeness (QED) is 0.721. The summed E-state index contributed by atoms with van der Waals surface area (Å²) in [6.45, 7) is 2.63. The van der Waals surface area contributed by atoms with E-state index < -0.39 is 10.8 Å². The van der Waals surface area contributed by atoms with Crippen LogP contribution in [0.25, 0.3) is 10.9 Å². The van der Waals surface area contributed by atoms with E-state index >= 15 is 0 Å². The molecule has 0 saturated heterocycles. The summed E-state index contributed by atoms with van der Waals surface area (Å²) < 4.78 is 5.97. The number of hydrogen-bond donors (Lipinski definition) is 1. The number of nitriles is 1. The van der Waals surface area contributed by atoms with E-state index in [1.54, 1.807) is 11.7 Å². The minimum Gasteiger partial charge on any atom is -0.491 e. The van der Waals surface area contributed by atoms with E-state index in [1.807, 2.05) is 18.2 Å². The number of hydrogen-bond acceptors (Lipinski definition) is 6. The fraction of sp³-hybridized carbons (Fsp3) is 0.429. The van der Waals surface area contributed by atoms with Gasteiger partial charge in [0.2, 0.25) is 0 Å². The van der Waals surface area contributed by atoms with Gasteiger partial charge < -0.3 is 10.5 Å². The van der Waals surface area contributed by atoms with Crippen LogP contribution in [0.4, 0.5) is 0 Å². The molecular weight excluding hydrogens is 372 g/mol. The van der Waals surface area contributed by atoms with Gasteiger partial charge in [0.15, 0.2) is 0 Å². The molecule has 6 nitrogen and oxygen atoms in total. The lowest BCUT2D eigenvalue weighted by Gasteiger charge is -2.34. The second-order valence-electron chi connectivity index (χ2n) is 7.34. The van der Waals surface area contributed by atoms with Gasteiger partial charge in [-0.15, -0.1) is 0 Å². The summed E-state index contributed by atoms with van der Waals surface area (Å²) in [5.74, 6) is 0.607. The zero-order valence-electron chi connectivity index (χ0n) is 15.7.